The number of amides is 10. The Labute approximate surface area is 470 Å². The van der Waals surface area contributed by atoms with E-state index in [4.69, 9.17) is 33.8 Å². The number of nitrogens with two attached hydrogens (primary N) is 5. The van der Waals surface area contributed by atoms with Gasteiger partial charge >= 0.3 is 11.9 Å². The molecule has 4 rings (SSSR count). The van der Waals surface area contributed by atoms with E-state index in [0.717, 1.165) is 15.8 Å². The van der Waals surface area contributed by atoms with Crippen LogP contribution in [0, 0.1) is 5.92 Å². The first kappa shape index (κ1) is 65.4. The SMILES string of the molecule is CC(C)C[C@H](NC(=O)[C@H](CCC(N)=O)NC(=O)[C@H](C)NC(=O)[C@H](CCCN=C(N)N)NC(=O)[C@H](Cc1cnc[nH]1)NC(=O)[C@@H]1CCCN1C(=O)[C@H](CCC(N)=O)NC(=O)[C@@H](N)CC(=O)O)C(=O)N[C@@H](Cc1c[nH]c2ccccc12)C(=O)O. The van der Waals surface area contributed by atoms with Crippen LogP contribution in [0.5, 0.6) is 0 Å². The molecule has 3 heterocycles. The van der Waals surface area contributed by atoms with Crippen LogP contribution in [-0.2, 0) is 70.4 Å². The molecule has 0 aliphatic carbocycles. The van der Waals surface area contributed by atoms with Crippen molar-refractivity contribution in [3.8, 4) is 0 Å². The summed E-state index contributed by atoms with van der Waals surface area (Å²) in [6, 6.07) is -5.73. The number of nitrogens with zero attached hydrogens (tertiary/aromatic N) is 3. The molecule has 21 N–H and O–H groups in total. The second-order valence-electron chi connectivity index (χ2n) is 20.3. The van der Waals surface area contributed by atoms with Gasteiger partial charge in [-0.05, 0) is 69.4 Å². The summed E-state index contributed by atoms with van der Waals surface area (Å²) in [5.41, 5.74) is 29.2. The Morgan fingerprint density at radius 1 is 0.695 bits per heavy atom. The van der Waals surface area contributed by atoms with Gasteiger partial charge in [0.1, 0.15) is 48.3 Å². The van der Waals surface area contributed by atoms with Crippen LogP contribution in [0.3, 0.4) is 0 Å². The highest BCUT2D eigenvalue weighted by atomic mass is 16.4. The average Bonchev–Trinajstić information content (AvgIpc) is 4.31. The minimum absolute atomic E-state index is 0.00273. The Kier molecular flexibility index (Phi) is 25.2. The number of aromatic nitrogens is 3. The van der Waals surface area contributed by atoms with E-state index >= 15 is 0 Å². The lowest BCUT2D eigenvalue weighted by molar-refractivity contribution is -0.143. The number of aromatic amines is 2. The van der Waals surface area contributed by atoms with Crippen molar-refractivity contribution in [2.24, 2.45) is 39.6 Å². The zero-order chi connectivity index (χ0) is 60.8. The van der Waals surface area contributed by atoms with Crippen molar-refractivity contribution in [3.05, 3.63) is 54.2 Å². The number of carbonyl (C=O) groups is 12. The number of carboxylic acids is 2. The summed E-state index contributed by atoms with van der Waals surface area (Å²) in [4.78, 5) is 173. The van der Waals surface area contributed by atoms with Gasteiger partial charge in [-0.1, -0.05) is 32.0 Å². The van der Waals surface area contributed by atoms with Crippen LogP contribution in [-0.4, -0.2) is 175 Å². The number of rotatable bonds is 34. The fraction of sp³-hybridized carbons (Fsp3) is 0.529. The van der Waals surface area contributed by atoms with E-state index < -0.39 is 138 Å². The van der Waals surface area contributed by atoms with Gasteiger partial charge in [-0.25, -0.2) is 9.78 Å². The number of H-pyrrole nitrogens is 2. The molecule has 1 aliphatic heterocycles. The van der Waals surface area contributed by atoms with Crippen LogP contribution in [0.2, 0.25) is 0 Å². The lowest BCUT2D eigenvalue weighted by Gasteiger charge is -2.30. The van der Waals surface area contributed by atoms with Gasteiger partial charge < -0.3 is 91.0 Å². The second kappa shape index (κ2) is 31.6. The topological polar surface area (TPSA) is 520 Å². The van der Waals surface area contributed by atoms with Crippen molar-refractivity contribution in [3.63, 3.8) is 0 Å². The molecule has 2 aromatic heterocycles. The molecule has 1 fully saturated rings. The smallest absolute Gasteiger partial charge is 0.326 e. The summed E-state index contributed by atoms with van der Waals surface area (Å²) in [6.45, 7) is 4.76. The maximum Gasteiger partial charge on any atom is 0.326 e. The van der Waals surface area contributed by atoms with Gasteiger partial charge in [0.05, 0.1) is 18.8 Å². The number of hydrogen-bond acceptors (Lipinski definition) is 15. The van der Waals surface area contributed by atoms with Crippen molar-refractivity contribution in [2.75, 3.05) is 13.1 Å². The molecule has 10 amide bonds. The number of fused-ring (bicyclic) bond motifs is 1. The van der Waals surface area contributed by atoms with E-state index in [1.54, 1.807) is 38.2 Å². The number of carboxylic acid groups (broad SMARTS) is 2. The third-order valence-electron chi connectivity index (χ3n) is 13.2. The number of guanidine groups is 1. The van der Waals surface area contributed by atoms with Gasteiger partial charge in [0.15, 0.2) is 5.96 Å². The number of carbonyl (C=O) groups excluding carboxylic acids is 10. The Balaban J connectivity index is 1.52. The molecule has 0 spiro atoms. The van der Waals surface area contributed by atoms with E-state index in [-0.39, 0.29) is 89.2 Å². The Bertz CT molecular complexity index is 2800. The molecule has 0 saturated carbocycles. The van der Waals surface area contributed by atoms with E-state index in [1.165, 1.54) is 19.4 Å². The predicted octanol–water partition coefficient (Wildman–Crippen LogP) is -4.40. The highest BCUT2D eigenvalue weighted by Gasteiger charge is 2.40. The standard InChI is InChI=1S/C51H75N17O14/c1-25(2)18-35(46(77)67-37(50(81)82)19-27-22-59-31-9-5-4-8-29(27)31)65-45(76)33(12-14-39(53)69)62-42(73)26(3)61-44(75)32(10-6-16-58-51(55)56)63-47(78)36(20-28-23-57-24-60-28)66-48(79)38-11-7-17-68(38)49(80)34(13-15-40(54)70)64-43(74)30(52)21-41(71)72/h4-5,8-9,22-26,30,32-38,59H,6-7,10-21,52H2,1-3H3,(H2,53,69)(H2,54,70)(H,57,60)(H,61,75)(H,62,73)(H,63,78)(H,64,74)(H,65,76)(H,66,79)(H,67,77)(H,71,72)(H,81,82)(H4,55,56,58)/t26-,30-,32-,33-,34-,35-,36-,37-,38-/m0/s1. The van der Waals surface area contributed by atoms with Gasteiger partial charge in [0, 0.05) is 67.8 Å². The number of primary amides is 2. The highest BCUT2D eigenvalue weighted by molar-refractivity contribution is 5.99. The summed E-state index contributed by atoms with van der Waals surface area (Å²) in [6.07, 6.45) is 2.05. The third-order valence-corrected chi connectivity index (χ3v) is 13.2. The predicted molar refractivity (Wildman–Crippen MR) is 292 cm³/mol. The van der Waals surface area contributed by atoms with Crippen LogP contribution in [0.15, 0.2) is 48.0 Å². The van der Waals surface area contributed by atoms with Gasteiger partial charge in [-0.3, -0.25) is 57.7 Å². The maximum absolute atomic E-state index is 14.3. The summed E-state index contributed by atoms with van der Waals surface area (Å²) in [7, 11) is 0. The van der Waals surface area contributed by atoms with Gasteiger partial charge in [-0.2, -0.15) is 0 Å². The number of para-hydroxylation sites is 1. The first-order valence-electron chi connectivity index (χ1n) is 26.5. The number of aliphatic imine (C=N–C) groups is 1. The lowest BCUT2D eigenvalue weighted by atomic mass is 10.0. The summed E-state index contributed by atoms with van der Waals surface area (Å²) >= 11 is 0. The minimum atomic E-state index is -1.56. The molecule has 0 radical (unpaired) electrons. The molecule has 448 valence electrons. The van der Waals surface area contributed by atoms with Gasteiger partial charge in [0.2, 0.25) is 59.1 Å². The van der Waals surface area contributed by atoms with Crippen molar-refractivity contribution < 1.29 is 67.7 Å². The average molecular weight is 1150 g/mol. The molecule has 31 heteroatoms. The molecule has 31 nitrogen and oxygen atoms in total. The van der Waals surface area contributed by atoms with Crippen LogP contribution >= 0.6 is 0 Å². The fourth-order valence-corrected chi connectivity index (χ4v) is 8.94. The molecule has 0 unspecified atom stereocenters. The zero-order valence-corrected chi connectivity index (χ0v) is 45.7. The number of imidazole rings is 1. The summed E-state index contributed by atoms with van der Waals surface area (Å²) < 4.78 is 0. The number of hydrogen-bond donors (Lipinski definition) is 16. The van der Waals surface area contributed by atoms with E-state index in [1.807, 2.05) is 6.07 Å². The van der Waals surface area contributed by atoms with E-state index in [0.29, 0.717) is 11.3 Å². The first-order valence-corrected chi connectivity index (χ1v) is 26.5. The number of nitrogens with one attached hydrogen (secondary N) is 9. The quantitative estimate of drug-likeness (QED) is 0.0152. The Hall–Kier alpha value is -9.16. The normalized spacial score (nSPS) is 15.9. The van der Waals surface area contributed by atoms with Crippen LogP contribution in [0.1, 0.15) is 96.2 Å². The van der Waals surface area contributed by atoms with E-state index in [9.17, 15) is 62.6 Å². The molecular weight excluding hydrogens is 1070 g/mol. The molecule has 1 aliphatic rings. The third kappa shape index (κ3) is 20.8. The van der Waals surface area contributed by atoms with Crippen molar-refractivity contribution >= 4 is 87.9 Å². The number of aliphatic carboxylic acids is 2. The molecule has 9 atom stereocenters. The molecule has 1 aromatic carbocycles. The summed E-state index contributed by atoms with van der Waals surface area (Å²) in [5.74, 6) is -12.1. The van der Waals surface area contributed by atoms with Crippen LogP contribution in [0.4, 0.5) is 0 Å². The molecular formula is C51H75N17O14. The van der Waals surface area contributed by atoms with E-state index in [2.05, 4.69) is 57.2 Å². The Morgan fingerprint density at radius 3 is 1.90 bits per heavy atom. The van der Waals surface area contributed by atoms with Crippen molar-refractivity contribution in [1.82, 2.24) is 57.1 Å². The minimum Gasteiger partial charge on any atom is -0.481 e. The largest absolute Gasteiger partial charge is 0.481 e. The number of likely N-dealkylation sites (tertiary alicyclic amines) is 1. The van der Waals surface area contributed by atoms with Gasteiger partial charge in [-0.15, -0.1) is 0 Å². The first-order chi connectivity index (χ1) is 38.7. The highest BCUT2D eigenvalue weighted by Crippen LogP contribution is 2.22. The van der Waals surface area contributed by atoms with Crippen LogP contribution < -0.4 is 65.9 Å². The number of benzene rings is 1. The molecule has 0 bridgehead atoms. The van der Waals surface area contributed by atoms with Crippen molar-refractivity contribution in [1.29, 1.82) is 0 Å². The Morgan fingerprint density at radius 2 is 1.28 bits per heavy atom. The molecule has 1 saturated heterocycles. The van der Waals surface area contributed by atoms with Gasteiger partial charge in [0.25, 0.3) is 0 Å². The second-order valence-corrected chi connectivity index (χ2v) is 20.3. The molecule has 3 aromatic rings. The monoisotopic (exact) mass is 1150 g/mol. The van der Waals surface area contributed by atoms with Crippen molar-refractivity contribution in [2.45, 2.75) is 152 Å². The zero-order valence-electron chi connectivity index (χ0n) is 45.7. The molecule has 82 heavy (non-hydrogen) atoms. The fourth-order valence-electron chi connectivity index (χ4n) is 8.94. The lowest BCUT2D eigenvalue weighted by Crippen LogP contribution is -2.60. The van der Waals surface area contributed by atoms with Crippen LogP contribution in [0.25, 0.3) is 10.9 Å². The summed E-state index contributed by atoms with van der Waals surface area (Å²) in [5, 5.41) is 37.7. The maximum atomic E-state index is 14.3.